The van der Waals surface area contributed by atoms with Gasteiger partial charge in [0.25, 0.3) is 0 Å². The fourth-order valence-electron chi connectivity index (χ4n) is 1.76. The van der Waals surface area contributed by atoms with Crippen LogP contribution in [0, 0.1) is 0 Å². The van der Waals surface area contributed by atoms with Crippen molar-refractivity contribution >= 4 is 28.8 Å². The Morgan fingerprint density at radius 1 is 1.47 bits per heavy atom. The lowest BCUT2D eigenvalue weighted by Gasteiger charge is -2.12. The molecule has 0 saturated heterocycles. The van der Waals surface area contributed by atoms with Crippen LogP contribution < -0.4 is 27.4 Å². The third-order valence-corrected chi connectivity index (χ3v) is 3.87. The number of nitrogens with one attached hydrogen (secondary N) is 2. The molecule has 0 aliphatic carbocycles. The van der Waals surface area contributed by atoms with Crippen LogP contribution in [0.4, 0.5) is 17.1 Å². The summed E-state index contributed by atoms with van der Waals surface area (Å²) in [7, 11) is 1.96. The van der Waals surface area contributed by atoms with E-state index >= 15 is 0 Å². The van der Waals surface area contributed by atoms with E-state index in [2.05, 4.69) is 17.0 Å². The lowest BCUT2D eigenvalue weighted by molar-refractivity contribution is 0.820. The number of hydrazine groups is 2. The van der Waals surface area contributed by atoms with Gasteiger partial charge < -0.3 is 11.5 Å². The Morgan fingerprint density at radius 3 is 2.94 bits per heavy atom. The van der Waals surface area contributed by atoms with Crippen molar-refractivity contribution in [2.75, 3.05) is 29.0 Å². The summed E-state index contributed by atoms with van der Waals surface area (Å²) in [6.45, 7) is 2.02. The molecule has 0 radical (unpaired) electrons. The fourth-order valence-corrected chi connectivity index (χ4v) is 2.65. The first-order valence-electron chi connectivity index (χ1n) is 5.59. The third kappa shape index (κ3) is 2.77. The smallest absolute Gasteiger partial charge is 0.0984 e. The van der Waals surface area contributed by atoms with Crippen molar-refractivity contribution in [2.45, 2.75) is 18.7 Å². The highest BCUT2D eigenvalue weighted by Gasteiger charge is 2.18. The summed E-state index contributed by atoms with van der Waals surface area (Å²) in [5.74, 6) is 1.90. The van der Waals surface area contributed by atoms with Crippen molar-refractivity contribution in [2.24, 2.45) is 5.73 Å². The van der Waals surface area contributed by atoms with Crippen molar-refractivity contribution in [3.05, 3.63) is 17.7 Å². The van der Waals surface area contributed by atoms with E-state index in [1.54, 1.807) is 0 Å². The molecule has 1 aliphatic rings. The number of anilines is 3. The van der Waals surface area contributed by atoms with Gasteiger partial charge in [-0.3, -0.25) is 10.4 Å². The van der Waals surface area contributed by atoms with Gasteiger partial charge in [-0.25, -0.2) is 0 Å². The second-order valence-corrected chi connectivity index (χ2v) is 5.40. The molecule has 1 aromatic carbocycles. The normalized spacial score (nSPS) is 15.6. The summed E-state index contributed by atoms with van der Waals surface area (Å²) in [5, 5.41) is 1.92. The van der Waals surface area contributed by atoms with Crippen LogP contribution in [-0.2, 0) is 5.75 Å². The van der Waals surface area contributed by atoms with Crippen LogP contribution in [0.3, 0.4) is 0 Å². The molecular weight excluding hydrogens is 234 g/mol. The van der Waals surface area contributed by atoms with E-state index in [0.29, 0.717) is 0 Å². The van der Waals surface area contributed by atoms with Crippen molar-refractivity contribution in [3.63, 3.8) is 0 Å². The minimum atomic E-state index is 0.234. The number of nitrogens with two attached hydrogens (primary N) is 2. The van der Waals surface area contributed by atoms with Gasteiger partial charge in [0.2, 0.25) is 0 Å². The number of hydrogen-bond donors (Lipinski definition) is 4. The average Bonchev–Trinajstić information content (AvgIpc) is 2.61. The van der Waals surface area contributed by atoms with Gasteiger partial charge in [-0.05, 0) is 24.6 Å². The number of thioether (sulfide) groups is 1. The van der Waals surface area contributed by atoms with E-state index < -0.39 is 0 Å². The maximum Gasteiger partial charge on any atom is 0.0984 e. The molecule has 0 saturated carbocycles. The summed E-state index contributed by atoms with van der Waals surface area (Å²) in [4.78, 5) is 0. The van der Waals surface area contributed by atoms with Gasteiger partial charge in [0.15, 0.2) is 0 Å². The van der Waals surface area contributed by atoms with Gasteiger partial charge in [-0.2, -0.15) is 11.8 Å². The van der Waals surface area contributed by atoms with Gasteiger partial charge in [0, 0.05) is 24.6 Å². The summed E-state index contributed by atoms with van der Waals surface area (Å²) in [6, 6.07) is 4.39. The minimum Gasteiger partial charge on any atom is -0.397 e. The summed E-state index contributed by atoms with van der Waals surface area (Å²) in [5.41, 5.74) is 21.8. The van der Waals surface area contributed by atoms with Gasteiger partial charge in [0.05, 0.1) is 17.1 Å². The lowest BCUT2D eigenvalue weighted by atomic mass is 10.1. The molecule has 17 heavy (non-hydrogen) atoms. The zero-order chi connectivity index (χ0) is 12.4. The van der Waals surface area contributed by atoms with E-state index in [0.717, 1.165) is 28.6 Å². The fraction of sp³-hybridized carbons (Fsp3) is 0.455. The largest absolute Gasteiger partial charge is 0.397 e. The van der Waals surface area contributed by atoms with Crippen molar-refractivity contribution in [1.82, 2.24) is 5.53 Å². The predicted molar refractivity (Wildman–Crippen MR) is 75.8 cm³/mol. The van der Waals surface area contributed by atoms with Gasteiger partial charge in [-0.1, -0.05) is 0 Å². The molecule has 1 heterocycles. The molecule has 0 unspecified atom stereocenters. The van der Waals surface area contributed by atoms with Crippen LogP contribution in [0.15, 0.2) is 12.1 Å². The first-order valence-corrected chi connectivity index (χ1v) is 6.74. The number of nitrogens with zero attached hydrogens (tertiary/aromatic N) is 1. The summed E-state index contributed by atoms with van der Waals surface area (Å²) < 4.78 is 0. The molecule has 1 aliphatic heterocycles. The maximum absolute atomic E-state index is 6.00. The predicted octanol–water partition coefficient (Wildman–Crippen LogP) is 1.13. The molecule has 5 nitrogen and oxygen atoms in total. The van der Waals surface area contributed by atoms with E-state index in [1.165, 1.54) is 5.56 Å². The maximum atomic E-state index is 6.00. The Morgan fingerprint density at radius 2 is 2.24 bits per heavy atom. The number of benzene rings is 1. The van der Waals surface area contributed by atoms with Crippen LogP contribution in [0.5, 0.6) is 0 Å². The molecule has 1 aromatic rings. The molecule has 0 amide bonds. The Bertz CT molecular complexity index is 407. The number of hydrogen-bond acceptors (Lipinski definition) is 6. The van der Waals surface area contributed by atoms with Crippen LogP contribution in [0.1, 0.15) is 12.5 Å². The van der Waals surface area contributed by atoms with Crippen molar-refractivity contribution in [3.8, 4) is 0 Å². The zero-order valence-electron chi connectivity index (χ0n) is 10.2. The Labute approximate surface area is 106 Å². The number of rotatable bonds is 4. The van der Waals surface area contributed by atoms with Crippen LogP contribution >= 0.6 is 11.8 Å². The second-order valence-electron chi connectivity index (χ2n) is 4.37. The van der Waals surface area contributed by atoms with E-state index in [1.807, 2.05) is 36.8 Å². The Hall–Kier alpha value is -1.11. The molecule has 0 bridgehead atoms. The molecule has 6 heteroatoms. The molecule has 1 atom stereocenters. The molecule has 6 N–H and O–H groups in total. The third-order valence-electron chi connectivity index (χ3n) is 2.57. The molecule has 94 valence electrons. The van der Waals surface area contributed by atoms with E-state index in [4.69, 9.17) is 11.5 Å². The number of fused-ring (bicyclic) bond motifs is 1. The highest BCUT2D eigenvalue weighted by Crippen LogP contribution is 2.35. The Kier molecular flexibility index (Phi) is 3.66. The standard InChI is InChI=1S/C11H19N5S/c1-7(12)5-17-6-8-3-9(13)11-10(4-8)16(2)15-14-11/h3-4,7,14-15H,5-6,12-13H2,1-2H3/t7-/m1/s1. The SMILES string of the molecule is C[C@@H](N)CSCc1cc(N)c2c(c1)N(C)NN2. The zero-order valence-corrected chi connectivity index (χ0v) is 11.0. The average molecular weight is 253 g/mol. The minimum absolute atomic E-state index is 0.234. The van der Waals surface area contributed by atoms with Crippen LogP contribution in [0.2, 0.25) is 0 Å². The summed E-state index contributed by atoms with van der Waals surface area (Å²) in [6.07, 6.45) is 0. The van der Waals surface area contributed by atoms with E-state index in [-0.39, 0.29) is 6.04 Å². The van der Waals surface area contributed by atoms with Gasteiger partial charge >= 0.3 is 0 Å². The highest BCUT2D eigenvalue weighted by molar-refractivity contribution is 7.98. The van der Waals surface area contributed by atoms with Crippen LogP contribution in [0.25, 0.3) is 0 Å². The topological polar surface area (TPSA) is 79.3 Å². The lowest BCUT2D eigenvalue weighted by Crippen LogP contribution is -2.31. The van der Waals surface area contributed by atoms with Crippen molar-refractivity contribution in [1.29, 1.82) is 0 Å². The van der Waals surface area contributed by atoms with Crippen molar-refractivity contribution < 1.29 is 0 Å². The monoisotopic (exact) mass is 253 g/mol. The number of nitrogen functional groups attached to an aromatic ring is 1. The highest BCUT2D eigenvalue weighted by atomic mass is 32.2. The quantitative estimate of drug-likeness (QED) is 0.603. The first-order chi connectivity index (χ1) is 8.08. The van der Waals surface area contributed by atoms with Gasteiger partial charge in [-0.15, -0.1) is 5.53 Å². The van der Waals surface area contributed by atoms with Gasteiger partial charge in [0.1, 0.15) is 0 Å². The molecule has 0 aromatic heterocycles. The summed E-state index contributed by atoms with van der Waals surface area (Å²) >= 11 is 1.83. The Balaban J connectivity index is 2.09. The molecule has 0 spiro atoms. The molecular formula is C11H19N5S. The van der Waals surface area contributed by atoms with E-state index in [9.17, 15) is 0 Å². The molecule has 0 fully saturated rings. The first kappa shape index (κ1) is 12.3. The second kappa shape index (κ2) is 5.03. The van der Waals surface area contributed by atoms with Crippen LogP contribution in [-0.4, -0.2) is 18.8 Å². The molecule has 2 rings (SSSR count).